The van der Waals surface area contributed by atoms with Gasteiger partial charge in [0.05, 0.1) is 50.1 Å². The number of amides is 3. The standard InChI is InChI=1S/C48H52N8O6/c1-30(2)42(53-46(59)61-3)45(58)56-23-9-13-41(56)44-50-27-39(52-44)36-21-20-34-24-33(18-19-35(34)25-36)31-14-16-32(17-15-31)38-26-49-43(51-38)40-12-8-22-55(40)28-48(29-57,54-47(60)62-4)37-10-6-5-7-11-37/h5-7,10-11,14-21,24-27,29-30,40-42H,8-9,12-13,22-23,28H2,1-4H3,(H,49,51)(H,50,52)(H,53,59)(H,54,60)/t40-,41-,42-,48?/m0/s1. The molecule has 0 radical (unpaired) electrons. The third-order valence-corrected chi connectivity index (χ3v) is 12.2. The maximum Gasteiger partial charge on any atom is 0.407 e. The number of methoxy groups -OCH3 is 2. The monoisotopic (exact) mass is 836 g/mol. The van der Waals surface area contributed by atoms with Crippen molar-refractivity contribution >= 4 is 35.2 Å². The van der Waals surface area contributed by atoms with Gasteiger partial charge in [-0.1, -0.05) is 92.7 Å². The number of likely N-dealkylation sites (tertiary alicyclic amines) is 2. The Morgan fingerprint density at radius 3 is 2.00 bits per heavy atom. The fourth-order valence-electron chi connectivity index (χ4n) is 8.89. The molecule has 0 bridgehead atoms. The van der Waals surface area contributed by atoms with E-state index in [-0.39, 0.29) is 30.5 Å². The molecule has 0 spiro atoms. The van der Waals surface area contributed by atoms with Crippen LogP contribution in [0.5, 0.6) is 0 Å². The predicted molar refractivity (Wildman–Crippen MR) is 236 cm³/mol. The van der Waals surface area contributed by atoms with Crippen LogP contribution in [0.4, 0.5) is 9.59 Å². The van der Waals surface area contributed by atoms with Gasteiger partial charge in [0, 0.05) is 18.7 Å². The molecule has 2 aliphatic heterocycles. The molecular weight excluding hydrogens is 785 g/mol. The first-order chi connectivity index (χ1) is 30.1. The number of fused-ring (bicyclic) bond motifs is 1. The normalized spacial score (nSPS) is 18.0. The number of alkyl carbamates (subject to hydrolysis) is 2. The molecule has 2 aromatic heterocycles. The number of aldehydes is 1. The minimum absolute atomic E-state index is 0.0619. The summed E-state index contributed by atoms with van der Waals surface area (Å²) in [4.78, 5) is 71.3. The lowest BCUT2D eigenvalue weighted by molar-refractivity contribution is -0.135. The van der Waals surface area contributed by atoms with Crippen LogP contribution in [0.1, 0.15) is 68.8 Å². The lowest BCUT2D eigenvalue weighted by Gasteiger charge is -2.35. The molecule has 4 atom stereocenters. The first-order valence-electron chi connectivity index (χ1n) is 21.1. The number of carbonyl (C=O) groups excluding carboxylic acids is 4. The zero-order valence-corrected chi connectivity index (χ0v) is 35.4. The Kier molecular flexibility index (Phi) is 12.2. The first-order valence-corrected chi connectivity index (χ1v) is 21.1. The van der Waals surface area contributed by atoms with Crippen LogP contribution in [0, 0.1) is 5.92 Å². The van der Waals surface area contributed by atoms with Gasteiger partial charge in [-0.05, 0) is 83.3 Å². The molecule has 14 heteroatoms. The van der Waals surface area contributed by atoms with E-state index in [1.807, 2.05) is 61.5 Å². The molecule has 2 saturated heterocycles. The molecule has 1 unspecified atom stereocenters. The number of nitrogens with zero attached hydrogens (tertiary/aromatic N) is 4. The number of aromatic nitrogens is 4. The smallest absolute Gasteiger partial charge is 0.407 e. The fourth-order valence-corrected chi connectivity index (χ4v) is 8.89. The predicted octanol–water partition coefficient (Wildman–Crippen LogP) is 7.92. The van der Waals surface area contributed by atoms with Crippen molar-refractivity contribution in [3.8, 4) is 33.6 Å². The lowest BCUT2D eigenvalue weighted by atomic mass is 9.90. The van der Waals surface area contributed by atoms with Gasteiger partial charge in [-0.15, -0.1) is 0 Å². The number of carbonyl (C=O) groups is 4. The molecule has 62 heavy (non-hydrogen) atoms. The number of H-pyrrole nitrogens is 2. The van der Waals surface area contributed by atoms with Gasteiger partial charge in [0.2, 0.25) is 5.91 Å². The summed E-state index contributed by atoms with van der Waals surface area (Å²) in [5.74, 6) is 1.30. The maximum absolute atomic E-state index is 13.6. The van der Waals surface area contributed by atoms with E-state index in [4.69, 9.17) is 19.4 Å². The van der Waals surface area contributed by atoms with Crippen molar-refractivity contribution in [1.29, 1.82) is 0 Å². The number of hydrogen-bond acceptors (Lipinski definition) is 9. The summed E-state index contributed by atoms with van der Waals surface area (Å²) in [7, 11) is 2.58. The number of hydrogen-bond donors (Lipinski definition) is 4. The molecule has 3 amide bonds. The first kappa shape index (κ1) is 41.9. The topological polar surface area (TPSA) is 175 Å². The number of rotatable bonds is 13. The SMILES string of the molecule is COC(=O)N[C@H](C(=O)N1CCC[C@H]1c1ncc(-c2ccc3cc(-c4ccc(-c5cnc([C@@H]6CCCN6CC(C=O)(NC(=O)OC)c6ccccc6)[nH]5)cc4)ccc3c2)[nH]1)C(C)C. The molecule has 4 N–H and O–H groups in total. The fraction of sp³-hybridized carbons (Fsp3) is 0.333. The van der Waals surface area contributed by atoms with E-state index in [0.29, 0.717) is 12.1 Å². The van der Waals surface area contributed by atoms with Crippen LogP contribution in [0.15, 0.2) is 103 Å². The number of nitrogens with one attached hydrogen (secondary N) is 4. The van der Waals surface area contributed by atoms with E-state index in [2.05, 4.69) is 86.2 Å². The Bertz CT molecular complexity index is 2550. The molecule has 0 saturated carbocycles. The Hall–Kier alpha value is -6.80. The average molecular weight is 837 g/mol. The van der Waals surface area contributed by atoms with Crippen LogP contribution < -0.4 is 10.6 Å². The zero-order valence-electron chi connectivity index (χ0n) is 35.4. The zero-order chi connectivity index (χ0) is 43.4. The summed E-state index contributed by atoms with van der Waals surface area (Å²) in [6.45, 7) is 5.42. The molecular formula is C48H52N8O6. The molecule has 2 fully saturated rings. The molecule has 0 aliphatic carbocycles. The second kappa shape index (κ2) is 18.0. The largest absolute Gasteiger partial charge is 0.453 e. The van der Waals surface area contributed by atoms with Gasteiger partial charge in [-0.2, -0.15) is 0 Å². The highest BCUT2D eigenvalue weighted by Gasteiger charge is 2.41. The Balaban J connectivity index is 0.945. The highest BCUT2D eigenvalue weighted by Crippen LogP contribution is 2.36. The molecule has 4 heterocycles. The van der Waals surface area contributed by atoms with E-state index >= 15 is 0 Å². The Morgan fingerprint density at radius 1 is 0.758 bits per heavy atom. The highest BCUT2D eigenvalue weighted by molar-refractivity contribution is 5.91. The van der Waals surface area contributed by atoms with Crippen molar-refractivity contribution in [2.24, 2.45) is 5.92 Å². The third-order valence-electron chi connectivity index (χ3n) is 12.2. The number of ether oxygens (including phenoxy) is 2. The van der Waals surface area contributed by atoms with E-state index in [1.165, 1.54) is 14.2 Å². The van der Waals surface area contributed by atoms with Gasteiger partial charge < -0.3 is 39.8 Å². The summed E-state index contributed by atoms with van der Waals surface area (Å²) in [6, 6.07) is 29.5. The van der Waals surface area contributed by atoms with Crippen LogP contribution in [-0.4, -0.2) is 94.0 Å². The Morgan fingerprint density at radius 2 is 1.34 bits per heavy atom. The third kappa shape index (κ3) is 8.55. The minimum Gasteiger partial charge on any atom is -0.453 e. The van der Waals surface area contributed by atoms with Gasteiger partial charge in [0.25, 0.3) is 0 Å². The molecule has 6 aromatic rings. The summed E-state index contributed by atoms with van der Waals surface area (Å²) in [5, 5.41) is 7.71. The van der Waals surface area contributed by atoms with Gasteiger partial charge >= 0.3 is 12.2 Å². The van der Waals surface area contributed by atoms with Gasteiger partial charge in [0.15, 0.2) is 6.29 Å². The van der Waals surface area contributed by atoms with Gasteiger partial charge in [-0.3, -0.25) is 9.69 Å². The van der Waals surface area contributed by atoms with Crippen LogP contribution in [0.25, 0.3) is 44.4 Å². The van der Waals surface area contributed by atoms with Crippen molar-refractivity contribution in [2.75, 3.05) is 33.9 Å². The van der Waals surface area contributed by atoms with E-state index in [0.717, 1.165) is 94.6 Å². The summed E-state index contributed by atoms with van der Waals surface area (Å²) in [5.41, 5.74) is 5.34. The van der Waals surface area contributed by atoms with Gasteiger partial charge in [-0.25, -0.2) is 19.6 Å². The van der Waals surface area contributed by atoms with Crippen molar-refractivity contribution in [2.45, 2.75) is 63.2 Å². The maximum atomic E-state index is 13.6. The molecule has 8 rings (SSSR count). The Labute approximate surface area is 360 Å². The number of imidazole rings is 2. The van der Waals surface area contributed by atoms with Crippen molar-refractivity contribution in [3.05, 3.63) is 121 Å². The van der Waals surface area contributed by atoms with Crippen molar-refractivity contribution in [3.63, 3.8) is 0 Å². The molecule has 4 aromatic carbocycles. The second-order valence-electron chi connectivity index (χ2n) is 16.5. The lowest BCUT2D eigenvalue weighted by Crippen LogP contribution is -2.54. The highest BCUT2D eigenvalue weighted by atomic mass is 16.5. The summed E-state index contributed by atoms with van der Waals surface area (Å²) in [6.07, 6.45) is 6.59. The minimum atomic E-state index is -1.29. The second-order valence-corrected chi connectivity index (χ2v) is 16.5. The van der Waals surface area contributed by atoms with Crippen LogP contribution in [0.3, 0.4) is 0 Å². The van der Waals surface area contributed by atoms with E-state index < -0.39 is 23.8 Å². The van der Waals surface area contributed by atoms with E-state index in [1.54, 1.807) is 0 Å². The van der Waals surface area contributed by atoms with Crippen LogP contribution >= 0.6 is 0 Å². The molecule has 2 aliphatic rings. The van der Waals surface area contributed by atoms with Gasteiger partial charge in [0.1, 0.15) is 23.2 Å². The molecule has 320 valence electrons. The quantitative estimate of drug-likeness (QED) is 0.0843. The van der Waals surface area contributed by atoms with Crippen molar-refractivity contribution in [1.82, 2.24) is 40.4 Å². The summed E-state index contributed by atoms with van der Waals surface area (Å²) >= 11 is 0. The molecule has 14 nitrogen and oxygen atoms in total. The van der Waals surface area contributed by atoms with E-state index in [9.17, 15) is 19.2 Å². The van der Waals surface area contributed by atoms with Crippen molar-refractivity contribution < 1.29 is 28.7 Å². The average Bonchev–Trinajstić information content (AvgIpc) is 4.15. The number of benzene rings is 4. The number of aromatic amines is 2. The van der Waals surface area contributed by atoms with Crippen LogP contribution in [-0.2, 0) is 24.6 Å². The van der Waals surface area contributed by atoms with Crippen LogP contribution in [0.2, 0.25) is 0 Å². The summed E-state index contributed by atoms with van der Waals surface area (Å²) < 4.78 is 9.68.